The number of ether oxygens (including phenoxy) is 12. The van der Waals surface area contributed by atoms with Crippen molar-refractivity contribution in [2.45, 2.75) is 13.3 Å². The van der Waals surface area contributed by atoms with Crippen molar-refractivity contribution in [2.75, 3.05) is 151 Å². The van der Waals surface area contributed by atoms with Gasteiger partial charge in [0, 0.05) is 5.69 Å². The zero-order chi connectivity index (χ0) is 32.3. The Morgan fingerprint density at radius 2 is 0.756 bits per heavy atom. The minimum Gasteiger partial charge on any atom is -0.491 e. The maximum absolute atomic E-state index is 11.1. The van der Waals surface area contributed by atoms with Gasteiger partial charge in [0.15, 0.2) is 0 Å². The zero-order valence-corrected chi connectivity index (χ0v) is 27.0. The van der Waals surface area contributed by atoms with Gasteiger partial charge in [-0.2, -0.15) is 0 Å². The van der Waals surface area contributed by atoms with E-state index in [-0.39, 0.29) is 12.4 Å². The van der Waals surface area contributed by atoms with Gasteiger partial charge in [0.25, 0.3) is 0 Å². The predicted octanol–water partition coefficient (Wildman–Crippen LogP) is 1.77. The van der Waals surface area contributed by atoms with Crippen LogP contribution in [-0.2, 0) is 56.9 Å². The number of carbonyl (C=O) groups is 1. The number of rotatable bonds is 35. The molecule has 0 amide bonds. The molecule has 0 unspecified atom stereocenters. The maximum atomic E-state index is 11.1. The highest BCUT2D eigenvalue weighted by atomic mass is 16.6. The summed E-state index contributed by atoms with van der Waals surface area (Å²) in [4.78, 5) is 11.1. The summed E-state index contributed by atoms with van der Waals surface area (Å²) in [6.45, 7) is 12.2. The molecule has 1 aromatic rings. The first kappa shape index (κ1) is 40.9. The lowest BCUT2D eigenvalue weighted by molar-refractivity contribution is -0.144. The molecule has 1 aromatic carbocycles. The van der Waals surface area contributed by atoms with Crippen molar-refractivity contribution in [2.24, 2.45) is 0 Å². The fraction of sp³-hybridized carbons (Fsp3) is 0.774. The monoisotopic (exact) mass is 649 g/mol. The molecule has 0 saturated heterocycles. The highest BCUT2D eigenvalue weighted by Crippen LogP contribution is 2.12. The summed E-state index contributed by atoms with van der Waals surface area (Å²) in [6, 6.07) is 7.25. The van der Waals surface area contributed by atoms with Crippen molar-refractivity contribution in [1.82, 2.24) is 0 Å². The molecule has 0 aliphatic carbocycles. The average molecular weight is 650 g/mol. The minimum absolute atomic E-state index is 0.252. The van der Waals surface area contributed by atoms with Gasteiger partial charge in [0.1, 0.15) is 12.4 Å². The van der Waals surface area contributed by atoms with Gasteiger partial charge in [0.05, 0.1) is 145 Å². The minimum atomic E-state index is -0.252. The van der Waals surface area contributed by atoms with Crippen LogP contribution in [0.15, 0.2) is 24.3 Å². The van der Waals surface area contributed by atoms with Gasteiger partial charge in [-0.15, -0.1) is 0 Å². The van der Waals surface area contributed by atoms with E-state index < -0.39 is 0 Å². The number of carbonyl (C=O) groups excluding carboxylic acids is 1. The van der Waals surface area contributed by atoms with Gasteiger partial charge in [-0.05, 0) is 31.2 Å². The third-order valence-corrected chi connectivity index (χ3v) is 5.48. The second-order valence-electron chi connectivity index (χ2n) is 9.10. The molecule has 0 heterocycles. The van der Waals surface area contributed by atoms with Gasteiger partial charge in [-0.25, -0.2) is 0 Å². The van der Waals surface area contributed by atoms with Crippen LogP contribution in [0, 0.1) is 0 Å². The van der Waals surface area contributed by atoms with Gasteiger partial charge in [-0.1, -0.05) is 0 Å². The van der Waals surface area contributed by atoms with E-state index in [0.29, 0.717) is 151 Å². The van der Waals surface area contributed by atoms with Crippen LogP contribution in [0.2, 0.25) is 0 Å². The van der Waals surface area contributed by atoms with Gasteiger partial charge >= 0.3 is 5.97 Å². The van der Waals surface area contributed by atoms with Crippen molar-refractivity contribution in [3.05, 3.63) is 24.3 Å². The molecule has 14 heteroatoms. The molecule has 0 spiro atoms. The average Bonchev–Trinajstić information content (AvgIpc) is 3.04. The van der Waals surface area contributed by atoms with Crippen molar-refractivity contribution >= 4 is 11.7 Å². The Morgan fingerprint density at radius 1 is 0.467 bits per heavy atom. The predicted molar refractivity (Wildman–Crippen MR) is 166 cm³/mol. The molecule has 262 valence electrons. The zero-order valence-electron chi connectivity index (χ0n) is 27.0. The lowest BCUT2D eigenvalue weighted by atomic mass is 10.3. The van der Waals surface area contributed by atoms with E-state index in [2.05, 4.69) is 0 Å². The smallest absolute Gasteiger partial charge is 0.308 e. The third-order valence-electron chi connectivity index (χ3n) is 5.48. The Bertz CT molecular complexity index is 758. The Kier molecular flexibility index (Phi) is 30.2. The summed E-state index contributed by atoms with van der Waals surface area (Å²) in [5.41, 5.74) is 6.34. The second-order valence-corrected chi connectivity index (χ2v) is 9.10. The number of esters is 1. The van der Waals surface area contributed by atoms with Crippen LogP contribution in [0.4, 0.5) is 5.69 Å². The van der Waals surface area contributed by atoms with Crippen molar-refractivity contribution < 1.29 is 61.6 Å². The molecule has 0 fully saturated rings. The van der Waals surface area contributed by atoms with E-state index in [4.69, 9.17) is 62.6 Å². The SMILES string of the molecule is CCOC(=O)CCOCCOCCOCCOCCOCCOCCOCCOCCOCCOCCOc1ccc(N)cc1. The number of benzene rings is 1. The number of anilines is 1. The number of hydrogen-bond donors (Lipinski definition) is 1. The Balaban J connectivity index is 1.63. The van der Waals surface area contributed by atoms with Crippen LogP contribution in [-0.4, -0.2) is 151 Å². The highest BCUT2D eigenvalue weighted by Gasteiger charge is 2.01. The molecule has 14 nitrogen and oxygen atoms in total. The Labute approximate surface area is 267 Å². The Morgan fingerprint density at radius 3 is 1.07 bits per heavy atom. The van der Waals surface area contributed by atoms with E-state index >= 15 is 0 Å². The van der Waals surface area contributed by atoms with Crippen LogP contribution in [0.25, 0.3) is 0 Å². The summed E-state index contributed by atoms with van der Waals surface area (Å²) in [7, 11) is 0. The van der Waals surface area contributed by atoms with E-state index in [1.54, 1.807) is 19.1 Å². The molecule has 0 aromatic heterocycles. The molecule has 45 heavy (non-hydrogen) atoms. The molecule has 1 rings (SSSR count). The summed E-state index contributed by atoms with van der Waals surface area (Å²) in [6.07, 6.45) is 0.255. The van der Waals surface area contributed by atoms with Crippen LogP contribution >= 0.6 is 0 Å². The van der Waals surface area contributed by atoms with E-state index in [9.17, 15) is 4.79 Å². The van der Waals surface area contributed by atoms with Crippen molar-refractivity contribution in [3.8, 4) is 5.75 Å². The molecule has 0 aliphatic rings. The maximum Gasteiger partial charge on any atom is 0.308 e. The number of nitrogen functional groups attached to an aromatic ring is 1. The van der Waals surface area contributed by atoms with Crippen molar-refractivity contribution in [1.29, 1.82) is 0 Å². The van der Waals surface area contributed by atoms with E-state index in [0.717, 1.165) is 5.75 Å². The van der Waals surface area contributed by atoms with Crippen molar-refractivity contribution in [3.63, 3.8) is 0 Å². The molecule has 0 radical (unpaired) electrons. The molecule has 0 atom stereocenters. The molecule has 2 N–H and O–H groups in total. The topological polar surface area (TPSA) is 154 Å². The lowest BCUT2D eigenvalue weighted by Crippen LogP contribution is -2.15. The van der Waals surface area contributed by atoms with Crippen LogP contribution in [0.1, 0.15) is 13.3 Å². The Hall–Kier alpha value is -2.11. The van der Waals surface area contributed by atoms with Crippen LogP contribution < -0.4 is 10.5 Å². The summed E-state index contributed by atoms with van der Waals surface area (Å²) >= 11 is 0. The largest absolute Gasteiger partial charge is 0.491 e. The lowest BCUT2D eigenvalue weighted by Gasteiger charge is -2.09. The van der Waals surface area contributed by atoms with Crippen LogP contribution in [0.3, 0.4) is 0 Å². The summed E-state index contributed by atoms with van der Waals surface area (Å²) in [5.74, 6) is 0.517. The molecular formula is C31H55NO13. The fourth-order valence-corrected chi connectivity index (χ4v) is 3.25. The van der Waals surface area contributed by atoms with E-state index in [1.807, 2.05) is 12.1 Å². The molecule has 0 aliphatic heterocycles. The first-order chi connectivity index (χ1) is 22.2. The standard InChI is InChI=1S/C31H55NO13/c1-2-44-31(33)7-8-34-9-10-35-11-12-36-13-14-37-15-16-38-17-18-39-19-20-40-21-22-41-23-24-42-25-26-43-27-28-45-30-5-3-29(32)4-6-30/h3-6H,2,7-28,32H2,1H3. The third kappa shape index (κ3) is 30.3. The normalized spacial score (nSPS) is 11.2. The van der Waals surface area contributed by atoms with Crippen LogP contribution in [0.5, 0.6) is 5.75 Å². The first-order valence-corrected chi connectivity index (χ1v) is 15.6. The van der Waals surface area contributed by atoms with Gasteiger partial charge in [0.2, 0.25) is 0 Å². The van der Waals surface area contributed by atoms with E-state index in [1.165, 1.54) is 0 Å². The highest BCUT2D eigenvalue weighted by molar-refractivity contribution is 5.69. The molecule has 0 bridgehead atoms. The quantitative estimate of drug-likeness (QED) is 0.0645. The molecular weight excluding hydrogens is 594 g/mol. The fourth-order valence-electron chi connectivity index (χ4n) is 3.25. The second kappa shape index (κ2) is 33.3. The van der Waals surface area contributed by atoms with Gasteiger partial charge in [-0.3, -0.25) is 4.79 Å². The van der Waals surface area contributed by atoms with Gasteiger partial charge < -0.3 is 62.6 Å². The summed E-state index contributed by atoms with van der Waals surface area (Å²) < 4.78 is 64.7. The number of hydrogen-bond acceptors (Lipinski definition) is 14. The molecule has 0 saturated carbocycles. The summed E-state index contributed by atoms with van der Waals surface area (Å²) in [5, 5.41) is 0. The number of nitrogens with two attached hydrogens (primary N) is 1. The first-order valence-electron chi connectivity index (χ1n) is 15.6.